The van der Waals surface area contributed by atoms with Crippen molar-refractivity contribution in [2.24, 2.45) is 5.41 Å². The van der Waals surface area contributed by atoms with Gasteiger partial charge in [-0.1, -0.05) is 86.8 Å². The Labute approximate surface area is 234 Å². The predicted octanol–water partition coefficient (Wildman–Crippen LogP) is 6.35. The second-order valence-electron chi connectivity index (χ2n) is 10.9. The predicted molar refractivity (Wildman–Crippen MR) is 155 cm³/mol. The molecule has 8 heteroatoms. The lowest BCUT2D eigenvalue weighted by Crippen LogP contribution is -2.64. The van der Waals surface area contributed by atoms with Crippen molar-refractivity contribution < 1.29 is 19.8 Å². The first-order valence-corrected chi connectivity index (χ1v) is 14.7. The molecule has 1 aliphatic carbocycles. The summed E-state index contributed by atoms with van der Waals surface area (Å²) in [5.41, 5.74) is 1.36. The van der Waals surface area contributed by atoms with Gasteiger partial charge in [0.1, 0.15) is 0 Å². The van der Waals surface area contributed by atoms with Crippen LogP contribution in [0.25, 0.3) is 11.3 Å². The molecule has 0 spiro atoms. The van der Waals surface area contributed by atoms with Gasteiger partial charge in [0, 0.05) is 17.4 Å². The zero-order chi connectivity index (χ0) is 27.9. The number of carbonyl (C=O) groups is 2. The zero-order valence-electron chi connectivity index (χ0n) is 22.7. The van der Waals surface area contributed by atoms with Gasteiger partial charge in [-0.2, -0.15) is 0 Å². The normalized spacial score (nSPS) is 17.3. The number of hydrogen-bond donors (Lipinski definition) is 4. The van der Waals surface area contributed by atoms with E-state index in [-0.39, 0.29) is 11.5 Å². The molecular weight excluding hydrogens is 510 g/mol. The smallest absolute Gasteiger partial charge is 0.405 e. The van der Waals surface area contributed by atoms with Crippen LogP contribution in [-0.2, 0) is 11.2 Å². The molecule has 208 valence electrons. The van der Waals surface area contributed by atoms with Crippen molar-refractivity contribution in [3.63, 3.8) is 0 Å². The van der Waals surface area contributed by atoms with Gasteiger partial charge in [-0.05, 0) is 43.6 Å². The summed E-state index contributed by atoms with van der Waals surface area (Å²) in [6.07, 6.45) is 3.01. The number of unbranched alkanes of at least 4 members (excludes halogenated alkanes) is 1. The summed E-state index contributed by atoms with van der Waals surface area (Å²) >= 11 is 1.61. The number of aliphatic hydroxyl groups is 1. The zero-order valence-corrected chi connectivity index (χ0v) is 23.5. The van der Waals surface area contributed by atoms with Crippen molar-refractivity contribution >= 4 is 23.3 Å². The molecule has 2 aromatic carbocycles. The van der Waals surface area contributed by atoms with E-state index in [2.05, 4.69) is 16.0 Å². The van der Waals surface area contributed by atoms with Crippen LogP contribution in [0.2, 0.25) is 0 Å². The fourth-order valence-electron chi connectivity index (χ4n) is 5.79. The molecule has 1 fully saturated rings. The summed E-state index contributed by atoms with van der Waals surface area (Å²) in [5.74, 6) is -0.564. The molecule has 3 aromatic rings. The minimum atomic E-state index is -1.53. The molecule has 1 saturated carbocycles. The van der Waals surface area contributed by atoms with Crippen molar-refractivity contribution in [2.75, 3.05) is 0 Å². The number of aliphatic hydroxyl groups excluding tert-OH is 1. The highest BCUT2D eigenvalue weighted by atomic mass is 32.1. The minimum Gasteiger partial charge on any atom is -0.465 e. The summed E-state index contributed by atoms with van der Waals surface area (Å²) < 4.78 is 0. The van der Waals surface area contributed by atoms with E-state index < -0.39 is 23.6 Å². The number of aromatic nitrogens is 1. The van der Waals surface area contributed by atoms with E-state index in [1.165, 1.54) is 0 Å². The van der Waals surface area contributed by atoms with E-state index in [0.29, 0.717) is 25.7 Å². The highest BCUT2D eigenvalue weighted by Gasteiger charge is 2.51. The summed E-state index contributed by atoms with van der Waals surface area (Å²) in [4.78, 5) is 30.4. The summed E-state index contributed by atoms with van der Waals surface area (Å²) in [5, 5.41) is 30.0. The van der Waals surface area contributed by atoms with Crippen molar-refractivity contribution in [3.8, 4) is 11.3 Å². The Bertz CT molecular complexity index is 1230. The highest BCUT2D eigenvalue weighted by molar-refractivity contribution is 7.09. The van der Waals surface area contributed by atoms with Gasteiger partial charge in [-0.3, -0.25) is 4.79 Å². The number of hydrogen-bond acceptors (Lipinski definition) is 5. The molecule has 7 nitrogen and oxygen atoms in total. The van der Waals surface area contributed by atoms with Gasteiger partial charge < -0.3 is 20.8 Å². The molecule has 3 atom stereocenters. The minimum absolute atomic E-state index is 0.242. The lowest BCUT2D eigenvalue weighted by atomic mass is 9.59. The number of benzene rings is 2. The molecule has 0 saturated heterocycles. The van der Waals surface area contributed by atoms with Crippen LogP contribution in [0.5, 0.6) is 0 Å². The van der Waals surface area contributed by atoms with E-state index >= 15 is 0 Å². The number of rotatable bonds is 13. The van der Waals surface area contributed by atoms with Crippen LogP contribution in [-0.4, -0.2) is 38.8 Å². The lowest BCUT2D eigenvalue weighted by molar-refractivity contribution is -0.136. The molecule has 4 N–H and O–H groups in total. The third-order valence-electron chi connectivity index (χ3n) is 8.01. The third-order valence-corrected chi connectivity index (χ3v) is 8.86. The van der Waals surface area contributed by atoms with E-state index in [1.54, 1.807) is 11.3 Å². The van der Waals surface area contributed by atoms with Crippen molar-refractivity contribution in [3.05, 3.63) is 76.6 Å². The Kier molecular flexibility index (Phi) is 9.40. The Morgan fingerprint density at radius 2 is 1.77 bits per heavy atom. The first-order valence-electron chi connectivity index (χ1n) is 13.8. The molecule has 4 rings (SSSR count). The fourth-order valence-corrected chi connectivity index (χ4v) is 6.76. The molecule has 2 amide bonds. The number of amides is 2. The Hall–Kier alpha value is -3.23. The largest absolute Gasteiger partial charge is 0.465 e. The van der Waals surface area contributed by atoms with Gasteiger partial charge in [0.15, 0.2) is 6.10 Å². The summed E-state index contributed by atoms with van der Waals surface area (Å²) in [6.45, 7) is 3.88. The first kappa shape index (κ1) is 28.8. The fraction of sp³-hybridized carbons (Fsp3) is 0.452. The van der Waals surface area contributed by atoms with Crippen LogP contribution < -0.4 is 10.6 Å². The Morgan fingerprint density at radius 1 is 1.10 bits per heavy atom. The lowest BCUT2D eigenvalue weighted by Gasteiger charge is -2.50. The van der Waals surface area contributed by atoms with Gasteiger partial charge in [0.25, 0.3) is 5.91 Å². The van der Waals surface area contributed by atoms with E-state index in [1.807, 2.05) is 74.5 Å². The van der Waals surface area contributed by atoms with Gasteiger partial charge in [0.2, 0.25) is 0 Å². The molecular formula is C31H39N3O4S. The van der Waals surface area contributed by atoms with Crippen LogP contribution in [0, 0.1) is 5.41 Å². The number of carbonyl (C=O) groups excluding carboxylic acids is 1. The molecule has 0 radical (unpaired) electrons. The van der Waals surface area contributed by atoms with Crippen LogP contribution in [0.4, 0.5) is 4.79 Å². The quantitative estimate of drug-likeness (QED) is 0.199. The summed E-state index contributed by atoms with van der Waals surface area (Å²) in [7, 11) is 0. The molecule has 1 aromatic heterocycles. The maximum absolute atomic E-state index is 13.4. The number of thiazole rings is 1. The number of carboxylic acid groups (broad SMARTS) is 1. The van der Waals surface area contributed by atoms with Crippen molar-refractivity contribution in [1.82, 2.24) is 15.6 Å². The average molecular weight is 550 g/mol. The van der Waals surface area contributed by atoms with Gasteiger partial charge >= 0.3 is 6.09 Å². The molecule has 0 aliphatic heterocycles. The van der Waals surface area contributed by atoms with Gasteiger partial charge in [-0.15, -0.1) is 11.3 Å². The molecule has 2 unspecified atom stereocenters. The Morgan fingerprint density at radius 3 is 2.36 bits per heavy atom. The monoisotopic (exact) mass is 549 g/mol. The van der Waals surface area contributed by atoms with Crippen LogP contribution in [0.15, 0.2) is 66.0 Å². The van der Waals surface area contributed by atoms with Crippen molar-refractivity contribution in [1.29, 1.82) is 0 Å². The van der Waals surface area contributed by atoms with Crippen LogP contribution in [0.3, 0.4) is 0 Å². The van der Waals surface area contributed by atoms with E-state index in [4.69, 9.17) is 4.98 Å². The van der Waals surface area contributed by atoms with Gasteiger partial charge in [-0.25, -0.2) is 9.78 Å². The SMILES string of the molecule is CCCCC(CC1(Cc2nc(-c3ccccc3)cs2)CCC1)(NC(=O)O)C(O)C(=O)N[C@H](C)c1ccccc1. The molecule has 1 heterocycles. The molecule has 0 bridgehead atoms. The highest BCUT2D eigenvalue weighted by Crippen LogP contribution is 2.51. The molecule has 39 heavy (non-hydrogen) atoms. The number of nitrogens with zero attached hydrogens (tertiary/aromatic N) is 1. The van der Waals surface area contributed by atoms with Crippen LogP contribution >= 0.6 is 11.3 Å². The number of nitrogens with one attached hydrogen (secondary N) is 2. The topological polar surface area (TPSA) is 112 Å². The Balaban J connectivity index is 1.58. The van der Waals surface area contributed by atoms with E-state index in [9.17, 15) is 19.8 Å². The standard InChI is InChI=1S/C31H39N3O4S/c1-3-4-18-31(34-29(37)38,27(35)28(36)32-22(2)23-12-7-5-8-13-23)21-30(16-11-17-30)19-26-33-25(20-39-26)24-14-9-6-10-15-24/h5-10,12-15,20,22,27,34-35H,3-4,11,16-19,21H2,1-2H3,(H,32,36)(H,37,38)/t22-,27?,31?/m1/s1. The second kappa shape index (κ2) is 12.7. The summed E-state index contributed by atoms with van der Waals surface area (Å²) in [6, 6.07) is 19.2. The first-order chi connectivity index (χ1) is 18.8. The maximum Gasteiger partial charge on any atom is 0.405 e. The second-order valence-corrected chi connectivity index (χ2v) is 11.9. The maximum atomic E-state index is 13.4. The van der Waals surface area contributed by atoms with Crippen molar-refractivity contribution in [2.45, 2.75) is 82.9 Å². The van der Waals surface area contributed by atoms with Gasteiger partial charge in [0.05, 0.1) is 22.3 Å². The van der Waals surface area contributed by atoms with Crippen LogP contribution in [0.1, 0.15) is 75.4 Å². The molecule has 1 aliphatic rings. The average Bonchev–Trinajstić information content (AvgIpc) is 3.39. The third kappa shape index (κ3) is 7.05. The van der Waals surface area contributed by atoms with E-state index in [0.717, 1.165) is 47.5 Å².